The Bertz CT molecular complexity index is 543. The number of hydrogen-bond donors (Lipinski definition) is 1. The number of aryl methyl sites for hydroxylation is 1. The third kappa shape index (κ3) is 1.72. The summed E-state index contributed by atoms with van der Waals surface area (Å²) in [5.74, 6) is 0. The van der Waals surface area contributed by atoms with Gasteiger partial charge in [0.15, 0.2) is 0 Å². The molecule has 1 N–H and O–H groups in total. The van der Waals surface area contributed by atoms with E-state index in [0.29, 0.717) is 0 Å². The number of para-hydroxylation sites is 1. The zero-order valence-corrected chi connectivity index (χ0v) is 10.2. The predicted octanol–water partition coefficient (Wildman–Crippen LogP) is 3.88. The van der Waals surface area contributed by atoms with Gasteiger partial charge in [-0.25, -0.2) is 0 Å². The number of hydrogen-bond acceptors (Lipinski definition) is 1. The molecule has 0 aliphatic heterocycles. The normalized spacial score (nSPS) is 13.5. The minimum Gasteiger partial charge on any atom is -0.388 e. The quantitative estimate of drug-likeness (QED) is 0.814. The summed E-state index contributed by atoms with van der Waals surface area (Å²) in [7, 11) is 1.99. The first-order valence-corrected chi connectivity index (χ1v) is 6.28. The topological polar surface area (TPSA) is 12.0 Å². The van der Waals surface area contributed by atoms with Crippen LogP contribution in [0.5, 0.6) is 0 Å². The van der Waals surface area contributed by atoms with Crippen LogP contribution in [-0.2, 0) is 12.8 Å². The van der Waals surface area contributed by atoms with Crippen LogP contribution in [-0.4, -0.2) is 7.05 Å². The molecule has 2 aromatic rings. The monoisotopic (exact) mass is 223 g/mol. The fourth-order valence-electron chi connectivity index (χ4n) is 2.81. The molecular formula is C16H17N. The van der Waals surface area contributed by atoms with Crippen molar-refractivity contribution < 1.29 is 0 Å². The van der Waals surface area contributed by atoms with Crippen molar-refractivity contribution in [2.45, 2.75) is 19.3 Å². The lowest BCUT2D eigenvalue weighted by molar-refractivity contribution is 0.912. The summed E-state index contributed by atoms with van der Waals surface area (Å²) in [6.45, 7) is 0. The zero-order valence-electron chi connectivity index (χ0n) is 10.2. The fraction of sp³-hybridized carbons (Fsp3) is 0.250. The van der Waals surface area contributed by atoms with Crippen LogP contribution in [0.2, 0.25) is 0 Å². The van der Waals surface area contributed by atoms with Crippen LogP contribution in [0, 0.1) is 0 Å². The Morgan fingerprint density at radius 2 is 1.71 bits per heavy atom. The second-order valence-corrected chi connectivity index (χ2v) is 4.59. The maximum atomic E-state index is 3.29. The largest absolute Gasteiger partial charge is 0.388 e. The van der Waals surface area contributed by atoms with E-state index in [9.17, 15) is 0 Å². The van der Waals surface area contributed by atoms with Crippen molar-refractivity contribution in [3.63, 3.8) is 0 Å². The van der Waals surface area contributed by atoms with Crippen LogP contribution < -0.4 is 5.32 Å². The maximum Gasteiger partial charge on any atom is 0.0417 e. The van der Waals surface area contributed by atoms with Gasteiger partial charge in [-0.1, -0.05) is 36.4 Å². The van der Waals surface area contributed by atoms with Crippen LogP contribution in [0.4, 0.5) is 5.69 Å². The highest BCUT2D eigenvalue weighted by molar-refractivity contribution is 5.80. The van der Waals surface area contributed by atoms with Crippen LogP contribution >= 0.6 is 0 Å². The van der Waals surface area contributed by atoms with Crippen molar-refractivity contribution in [2.24, 2.45) is 0 Å². The molecule has 0 unspecified atom stereocenters. The van der Waals surface area contributed by atoms with E-state index in [1.807, 2.05) is 7.05 Å². The van der Waals surface area contributed by atoms with Crippen molar-refractivity contribution in [1.82, 2.24) is 0 Å². The third-order valence-electron chi connectivity index (χ3n) is 3.63. The van der Waals surface area contributed by atoms with Gasteiger partial charge in [-0.05, 0) is 42.0 Å². The van der Waals surface area contributed by atoms with Gasteiger partial charge < -0.3 is 5.32 Å². The Morgan fingerprint density at radius 3 is 2.59 bits per heavy atom. The first kappa shape index (κ1) is 10.4. The SMILES string of the molecule is CNc1ccccc1-c1cccc2c1CCC2. The summed E-state index contributed by atoms with van der Waals surface area (Å²) in [6, 6.07) is 15.3. The molecule has 3 rings (SSSR count). The molecule has 1 nitrogen and oxygen atoms in total. The molecule has 0 aromatic heterocycles. The Hall–Kier alpha value is -1.76. The second kappa shape index (κ2) is 4.25. The highest BCUT2D eigenvalue weighted by Gasteiger charge is 2.16. The number of rotatable bonds is 2. The Balaban J connectivity index is 2.19. The van der Waals surface area contributed by atoms with E-state index in [2.05, 4.69) is 47.8 Å². The molecule has 1 heteroatoms. The highest BCUT2D eigenvalue weighted by atomic mass is 14.8. The minimum atomic E-state index is 1.22. The van der Waals surface area contributed by atoms with Crippen molar-refractivity contribution in [1.29, 1.82) is 0 Å². The van der Waals surface area contributed by atoms with Crippen LogP contribution in [0.1, 0.15) is 17.5 Å². The van der Waals surface area contributed by atoms with Gasteiger partial charge in [0, 0.05) is 18.3 Å². The van der Waals surface area contributed by atoms with Crippen molar-refractivity contribution in [3.05, 3.63) is 53.6 Å². The number of nitrogens with one attached hydrogen (secondary N) is 1. The van der Waals surface area contributed by atoms with Gasteiger partial charge in [-0.2, -0.15) is 0 Å². The molecule has 0 saturated heterocycles. The molecule has 0 spiro atoms. The van der Waals surface area contributed by atoms with Crippen LogP contribution in [0.3, 0.4) is 0 Å². The van der Waals surface area contributed by atoms with Gasteiger partial charge in [0.05, 0.1) is 0 Å². The van der Waals surface area contributed by atoms with E-state index in [4.69, 9.17) is 0 Å². The molecule has 0 heterocycles. The molecule has 86 valence electrons. The summed E-state index contributed by atoms with van der Waals surface area (Å²) in [6.07, 6.45) is 3.77. The molecule has 1 aliphatic carbocycles. The van der Waals surface area contributed by atoms with E-state index >= 15 is 0 Å². The van der Waals surface area contributed by atoms with Gasteiger partial charge in [0.2, 0.25) is 0 Å². The van der Waals surface area contributed by atoms with Crippen LogP contribution in [0.25, 0.3) is 11.1 Å². The summed E-state index contributed by atoms with van der Waals surface area (Å²) in [5, 5.41) is 3.29. The highest BCUT2D eigenvalue weighted by Crippen LogP contribution is 2.35. The van der Waals surface area contributed by atoms with E-state index < -0.39 is 0 Å². The molecule has 17 heavy (non-hydrogen) atoms. The first-order chi connectivity index (χ1) is 8.40. The molecular weight excluding hydrogens is 206 g/mol. The smallest absolute Gasteiger partial charge is 0.0417 e. The van der Waals surface area contributed by atoms with E-state index in [1.165, 1.54) is 41.6 Å². The van der Waals surface area contributed by atoms with E-state index in [1.54, 1.807) is 5.56 Å². The maximum absolute atomic E-state index is 3.29. The molecule has 0 fully saturated rings. The molecule has 2 aromatic carbocycles. The number of fused-ring (bicyclic) bond motifs is 1. The molecule has 0 saturated carbocycles. The second-order valence-electron chi connectivity index (χ2n) is 4.59. The van der Waals surface area contributed by atoms with Gasteiger partial charge >= 0.3 is 0 Å². The van der Waals surface area contributed by atoms with Gasteiger partial charge in [0.1, 0.15) is 0 Å². The summed E-state index contributed by atoms with van der Waals surface area (Å²) in [5.41, 5.74) is 7.04. The van der Waals surface area contributed by atoms with Crippen molar-refractivity contribution in [2.75, 3.05) is 12.4 Å². The Labute approximate surface area is 102 Å². The predicted molar refractivity (Wildman–Crippen MR) is 73.4 cm³/mol. The van der Waals surface area contributed by atoms with E-state index in [-0.39, 0.29) is 0 Å². The van der Waals surface area contributed by atoms with Gasteiger partial charge in [-0.15, -0.1) is 0 Å². The number of benzene rings is 2. The number of anilines is 1. The summed E-state index contributed by atoms with van der Waals surface area (Å²) >= 11 is 0. The average Bonchev–Trinajstić information content (AvgIpc) is 2.86. The summed E-state index contributed by atoms with van der Waals surface area (Å²) in [4.78, 5) is 0. The molecule has 0 bridgehead atoms. The molecule has 0 radical (unpaired) electrons. The molecule has 0 atom stereocenters. The summed E-state index contributed by atoms with van der Waals surface area (Å²) < 4.78 is 0. The fourth-order valence-corrected chi connectivity index (χ4v) is 2.81. The first-order valence-electron chi connectivity index (χ1n) is 6.28. The minimum absolute atomic E-state index is 1.22. The Morgan fingerprint density at radius 1 is 0.882 bits per heavy atom. The van der Waals surface area contributed by atoms with Gasteiger partial charge in [0.25, 0.3) is 0 Å². The zero-order chi connectivity index (χ0) is 11.7. The third-order valence-corrected chi connectivity index (χ3v) is 3.63. The van der Waals surface area contributed by atoms with Gasteiger partial charge in [-0.3, -0.25) is 0 Å². The van der Waals surface area contributed by atoms with E-state index in [0.717, 1.165) is 0 Å². The van der Waals surface area contributed by atoms with Crippen LogP contribution in [0.15, 0.2) is 42.5 Å². The lowest BCUT2D eigenvalue weighted by Crippen LogP contribution is -1.94. The standard InChI is InChI=1S/C16H17N/c1-17-16-11-3-2-8-15(16)14-10-5-7-12-6-4-9-13(12)14/h2-3,5,7-8,10-11,17H,4,6,9H2,1H3. The Kier molecular flexibility index (Phi) is 2.60. The van der Waals surface area contributed by atoms with Crippen molar-refractivity contribution >= 4 is 5.69 Å². The van der Waals surface area contributed by atoms with Crippen molar-refractivity contribution in [3.8, 4) is 11.1 Å². The lowest BCUT2D eigenvalue weighted by Gasteiger charge is -2.13. The average molecular weight is 223 g/mol. The lowest BCUT2D eigenvalue weighted by atomic mass is 9.96. The molecule has 0 amide bonds. The molecule has 1 aliphatic rings.